The Kier molecular flexibility index (Phi) is 7.54. The smallest absolute Gasteiger partial charge is 0.308 e. The van der Waals surface area contributed by atoms with Crippen molar-refractivity contribution in [2.45, 2.75) is 44.8 Å². The van der Waals surface area contributed by atoms with E-state index in [4.69, 9.17) is 14.2 Å². The number of nitrogens with one attached hydrogen (secondary N) is 1. The summed E-state index contributed by atoms with van der Waals surface area (Å²) in [5.74, 6) is -0.295. The summed E-state index contributed by atoms with van der Waals surface area (Å²) < 4.78 is 15.4. The van der Waals surface area contributed by atoms with E-state index in [1.165, 1.54) is 7.11 Å². The van der Waals surface area contributed by atoms with Crippen LogP contribution in [0.15, 0.2) is 0 Å². The van der Waals surface area contributed by atoms with Gasteiger partial charge in [-0.15, -0.1) is 0 Å². The van der Waals surface area contributed by atoms with Gasteiger partial charge in [-0.1, -0.05) is 0 Å². The maximum atomic E-state index is 11.7. The van der Waals surface area contributed by atoms with E-state index < -0.39 is 6.10 Å². The number of carbonyl (C=O) groups is 2. The van der Waals surface area contributed by atoms with Crippen LogP contribution in [0.4, 0.5) is 0 Å². The molecule has 1 atom stereocenters. The molecule has 1 amide bonds. The zero-order valence-corrected chi connectivity index (χ0v) is 12.5. The van der Waals surface area contributed by atoms with Crippen LogP contribution in [0.1, 0.15) is 32.6 Å². The number of rotatable bonds is 7. The van der Waals surface area contributed by atoms with Gasteiger partial charge in [0.1, 0.15) is 6.10 Å². The van der Waals surface area contributed by atoms with Gasteiger partial charge >= 0.3 is 5.97 Å². The maximum absolute atomic E-state index is 11.7. The SMILES string of the molecule is COCCNC(=O)C(C)OC1CCC(C(=O)OC)CC1. The quantitative estimate of drug-likeness (QED) is 0.556. The summed E-state index contributed by atoms with van der Waals surface area (Å²) in [6, 6.07) is 0. The number of esters is 1. The van der Waals surface area contributed by atoms with Crippen molar-refractivity contribution in [3.8, 4) is 0 Å². The van der Waals surface area contributed by atoms with Gasteiger partial charge in [-0.05, 0) is 32.6 Å². The number of amides is 1. The first-order chi connectivity index (χ1) is 9.58. The topological polar surface area (TPSA) is 73.9 Å². The lowest BCUT2D eigenvalue weighted by Gasteiger charge is -2.28. The lowest BCUT2D eigenvalue weighted by molar-refractivity contribution is -0.149. The summed E-state index contributed by atoms with van der Waals surface area (Å²) in [4.78, 5) is 23.2. The molecule has 0 spiro atoms. The van der Waals surface area contributed by atoms with Crippen molar-refractivity contribution in [1.82, 2.24) is 5.32 Å². The molecule has 0 radical (unpaired) electrons. The Labute approximate surface area is 120 Å². The van der Waals surface area contributed by atoms with Gasteiger partial charge in [0.15, 0.2) is 0 Å². The van der Waals surface area contributed by atoms with Gasteiger partial charge in [-0.25, -0.2) is 0 Å². The Bertz CT molecular complexity index is 313. The van der Waals surface area contributed by atoms with Crippen molar-refractivity contribution in [3.63, 3.8) is 0 Å². The Morgan fingerprint density at radius 1 is 1.20 bits per heavy atom. The average Bonchev–Trinajstić information content (AvgIpc) is 2.47. The highest BCUT2D eigenvalue weighted by Gasteiger charge is 2.29. The Hall–Kier alpha value is -1.14. The number of methoxy groups -OCH3 is 2. The summed E-state index contributed by atoms with van der Waals surface area (Å²) in [6.07, 6.45) is 2.65. The maximum Gasteiger partial charge on any atom is 0.308 e. The molecule has 1 saturated carbocycles. The van der Waals surface area contributed by atoms with Crippen molar-refractivity contribution in [3.05, 3.63) is 0 Å². The molecule has 0 aromatic carbocycles. The fraction of sp³-hybridized carbons (Fsp3) is 0.857. The Balaban J connectivity index is 2.25. The third-order valence-corrected chi connectivity index (χ3v) is 3.58. The molecular weight excluding hydrogens is 262 g/mol. The Morgan fingerprint density at radius 3 is 2.40 bits per heavy atom. The largest absolute Gasteiger partial charge is 0.469 e. The predicted octanol–water partition coefficient (Wildman–Crippen LogP) is 0.886. The van der Waals surface area contributed by atoms with Crippen LogP contribution in [0.2, 0.25) is 0 Å². The molecule has 0 aliphatic heterocycles. The summed E-state index contributed by atoms with van der Waals surface area (Å²) in [7, 11) is 3.00. The molecule has 1 aliphatic rings. The van der Waals surface area contributed by atoms with Gasteiger partial charge in [0, 0.05) is 13.7 Å². The highest BCUT2D eigenvalue weighted by atomic mass is 16.5. The van der Waals surface area contributed by atoms with E-state index in [-0.39, 0.29) is 23.9 Å². The minimum atomic E-state index is -0.480. The first-order valence-electron chi connectivity index (χ1n) is 7.08. The third-order valence-electron chi connectivity index (χ3n) is 3.58. The van der Waals surface area contributed by atoms with Crippen LogP contribution in [-0.2, 0) is 23.8 Å². The lowest BCUT2D eigenvalue weighted by atomic mass is 9.87. The van der Waals surface area contributed by atoms with Crippen LogP contribution in [0.5, 0.6) is 0 Å². The molecule has 0 aromatic heterocycles. The van der Waals surface area contributed by atoms with Crippen molar-refractivity contribution >= 4 is 11.9 Å². The number of hydrogen-bond acceptors (Lipinski definition) is 5. The standard InChI is InChI=1S/C14H25NO5/c1-10(13(16)15-8-9-18-2)20-12-6-4-11(5-7-12)14(17)19-3/h10-12H,4-9H2,1-3H3,(H,15,16). The van der Waals surface area contributed by atoms with Crippen LogP contribution in [0, 0.1) is 5.92 Å². The van der Waals surface area contributed by atoms with Crippen LogP contribution in [-0.4, -0.2) is 51.5 Å². The Morgan fingerprint density at radius 2 is 1.85 bits per heavy atom. The van der Waals surface area contributed by atoms with Gasteiger partial charge in [0.2, 0.25) is 5.91 Å². The van der Waals surface area contributed by atoms with Gasteiger partial charge in [-0.2, -0.15) is 0 Å². The van der Waals surface area contributed by atoms with Gasteiger partial charge in [0.25, 0.3) is 0 Å². The third kappa shape index (κ3) is 5.46. The lowest BCUT2D eigenvalue weighted by Crippen LogP contribution is -2.39. The van der Waals surface area contributed by atoms with Crippen molar-refractivity contribution in [2.75, 3.05) is 27.4 Å². The number of hydrogen-bond donors (Lipinski definition) is 1. The molecule has 6 heteroatoms. The van der Waals surface area contributed by atoms with E-state index in [0.29, 0.717) is 13.2 Å². The zero-order chi connectivity index (χ0) is 15.0. The first-order valence-corrected chi connectivity index (χ1v) is 7.08. The molecule has 1 unspecified atom stereocenters. The van der Waals surface area contributed by atoms with Gasteiger partial charge < -0.3 is 19.5 Å². The van der Waals surface area contributed by atoms with E-state index in [1.807, 2.05) is 0 Å². The minimum absolute atomic E-state index is 0.0225. The second-order valence-electron chi connectivity index (χ2n) is 5.06. The van der Waals surface area contributed by atoms with E-state index in [0.717, 1.165) is 25.7 Å². The summed E-state index contributed by atoms with van der Waals surface area (Å²) in [5.41, 5.74) is 0. The fourth-order valence-electron chi connectivity index (χ4n) is 2.37. The van der Waals surface area contributed by atoms with Gasteiger partial charge in [-0.3, -0.25) is 9.59 Å². The molecule has 1 fully saturated rings. The molecule has 1 aliphatic carbocycles. The van der Waals surface area contributed by atoms with E-state index >= 15 is 0 Å². The molecule has 1 N–H and O–H groups in total. The monoisotopic (exact) mass is 287 g/mol. The molecule has 0 bridgehead atoms. The molecule has 0 saturated heterocycles. The minimum Gasteiger partial charge on any atom is -0.469 e. The highest BCUT2D eigenvalue weighted by Crippen LogP contribution is 2.27. The van der Waals surface area contributed by atoms with E-state index in [9.17, 15) is 9.59 Å². The average molecular weight is 287 g/mol. The molecular formula is C14H25NO5. The molecule has 116 valence electrons. The number of ether oxygens (including phenoxy) is 3. The molecule has 20 heavy (non-hydrogen) atoms. The normalized spacial score (nSPS) is 23.9. The van der Waals surface area contributed by atoms with Crippen LogP contribution in [0.25, 0.3) is 0 Å². The number of carbonyl (C=O) groups excluding carboxylic acids is 2. The predicted molar refractivity (Wildman–Crippen MR) is 73.2 cm³/mol. The van der Waals surface area contributed by atoms with Crippen LogP contribution < -0.4 is 5.32 Å². The summed E-state index contributed by atoms with van der Waals surface area (Å²) >= 11 is 0. The first kappa shape index (κ1) is 16.9. The molecule has 6 nitrogen and oxygen atoms in total. The van der Waals surface area contributed by atoms with Crippen molar-refractivity contribution in [1.29, 1.82) is 0 Å². The second kappa shape index (κ2) is 8.92. The van der Waals surface area contributed by atoms with E-state index in [2.05, 4.69) is 5.32 Å². The highest BCUT2D eigenvalue weighted by molar-refractivity contribution is 5.80. The zero-order valence-electron chi connectivity index (χ0n) is 12.5. The van der Waals surface area contributed by atoms with E-state index in [1.54, 1.807) is 14.0 Å². The molecule has 0 aromatic rings. The molecule has 1 rings (SSSR count). The van der Waals surface area contributed by atoms with Crippen LogP contribution >= 0.6 is 0 Å². The van der Waals surface area contributed by atoms with Gasteiger partial charge in [0.05, 0.1) is 25.7 Å². The molecule has 0 heterocycles. The second-order valence-corrected chi connectivity index (χ2v) is 5.06. The summed E-state index contributed by atoms with van der Waals surface area (Å²) in [6.45, 7) is 2.72. The summed E-state index contributed by atoms with van der Waals surface area (Å²) in [5, 5.41) is 2.75. The fourth-order valence-corrected chi connectivity index (χ4v) is 2.37. The van der Waals surface area contributed by atoms with Crippen molar-refractivity contribution < 1.29 is 23.8 Å². The van der Waals surface area contributed by atoms with Crippen molar-refractivity contribution in [2.24, 2.45) is 5.92 Å². The van der Waals surface area contributed by atoms with Crippen LogP contribution in [0.3, 0.4) is 0 Å².